The third kappa shape index (κ3) is 3.34. The van der Waals surface area contributed by atoms with E-state index in [-0.39, 0.29) is 12.0 Å². The number of hydrogen-bond donors (Lipinski definition) is 1. The van der Waals surface area contributed by atoms with Gasteiger partial charge in [0.15, 0.2) is 0 Å². The average molecular weight is 336 g/mol. The Balaban J connectivity index is 1.61. The Kier molecular flexibility index (Phi) is 4.35. The summed E-state index contributed by atoms with van der Waals surface area (Å²) in [4.78, 5) is 16.6. The first kappa shape index (κ1) is 15.7. The molecule has 0 saturated carbocycles. The van der Waals surface area contributed by atoms with Crippen molar-refractivity contribution in [2.75, 3.05) is 13.2 Å². The SMILES string of the molecule is O=C(NCC1CCCO1)c1ccc(-n2ccnc2)c(-n2cccc2)c1. The van der Waals surface area contributed by atoms with Crippen molar-refractivity contribution >= 4 is 5.91 Å². The van der Waals surface area contributed by atoms with Gasteiger partial charge in [-0.15, -0.1) is 0 Å². The fourth-order valence-corrected chi connectivity index (χ4v) is 3.10. The summed E-state index contributed by atoms with van der Waals surface area (Å²) in [5.41, 5.74) is 2.52. The quantitative estimate of drug-likeness (QED) is 0.779. The van der Waals surface area contributed by atoms with Crippen LogP contribution in [0.5, 0.6) is 0 Å². The zero-order valence-corrected chi connectivity index (χ0v) is 13.8. The summed E-state index contributed by atoms with van der Waals surface area (Å²) in [6.07, 6.45) is 11.5. The molecule has 2 aromatic heterocycles. The van der Waals surface area contributed by atoms with Crippen molar-refractivity contribution in [3.05, 3.63) is 67.0 Å². The van der Waals surface area contributed by atoms with Crippen LogP contribution >= 0.6 is 0 Å². The van der Waals surface area contributed by atoms with E-state index in [1.807, 2.05) is 58.1 Å². The highest BCUT2D eigenvalue weighted by molar-refractivity contribution is 5.95. The van der Waals surface area contributed by atoms with Crippen LogP contribution < -0.4 is 5.32 Å². The van der Waals surface area contributed by atoms with E-state index in [9.17, 15) is 4.79 Å². The van der Waals surface area contributed by atoms with Crippen LogP contribution in [-0.4, -0.2) is 39.3 Å². The molecule has 1 aliphatic heterocycles. The molecule has 6 nitrogen and oxygen atoms in total. The van der Waals surface area contributed by atoms with E-state index in [1.54, 1.807) is 12.5 Å². The van der Waals surface area contributed by atoms with Gasteiger partial charge in [-0.2, -0.15) is 0 Å². The second-order valence-corrected chi connectivity index (χ2v) is 6.11. The van der Waals surface area contributed by atoms with Gasteiger partial charge in [-0.3, -0.25) is 4.79 Å². The van der Waals surface area contributed by atoms with Gasteiger partial charge in [-0.1, -0.05) is 0 Å². The zero-order chi connectivity index (χ0) is 17.1. The van der Waals surface area contributed by atoms with Gasteiger partial charge in [-0.05, 0) is 43.2 Å². The molecule has 0 spiro atoms. The highest BCUT2D eigenvalue weighted by Gasteiger charge is 2.17. The fraction of sp³-hybridized carbons (Fsp3) is 0.263. The van der Waals surface area contributed by atoms with Crippen molar-refractivity contribution in [1.82, 2.24) is 19.4 Å². The predicted molar refractivity (Wildman–Crippen MR) is 94.2 cm³/mol. The van der Waals surface area contributed by atoms with Crippen LogP contribution in [0, 0.1) is 0 Å². The van der Waals surface area contributed by atoms with Crippen molar-refractivity contribution in [2.45, 2.75) is 18.9 Å². The molecular weight excluding hydrogens is 316 g/mol. The lowest BCUT2D eigenvalue weighted by Gasteiger charge is -2.15. The van der Waals surface area contributed by atoms with E-state index >= 15 is 0 Å². The molecule has 25 heavy (non-hydrogen) atoms. The summed E-state index contributed by atoms with van der Waals surface area (Å²) in [5.74, 6) is -0.0823. The fourth-order valence-electron chi connectivity index (χ4n) is 3.10. The second kappa shape index (κ2) is 6.94. The Morgan fingerprint density at radius 3 is 2.80 bits per heavy atom. The van der Waals surface area contributed by atoms with Crippen molar-refractivity contribution in [3.63, 3.8) is 0 Å². The summed E-state index contributed by atoms with van der Waals surface area (Å²) < 4.78 is 9.49. The normalized spacial score (nSPS) is 16.9. The van der Waals surface area contributed by atoms with Crippen LogP contribution in [-0.2, 0) is 4.74 Å². The number of aromatic nitrogens is 3. The number of imidazole rings is 1. The van der Waals surface area contributed by atoms with Crippen LogP contribution in [0.3, 0.4) is 0 Å². The number of amides is 1. The van der Waals surface area contributed by atoms with Crippen LogP contribution in [0.4, 0.5) is 0 Å². The zero-order valence-electron chi connectivity index (χ0n) is 13.8. The Morgan fingerprint density at radius 1 is 1.20 bits per heavy atom. The molecule has 1 amide bonds. The molecular formula is C19H20N4O2. The summed E-state index contributed by atoms with van der Waals surface area (Å²) in [7, 11) is 0. The van der Waals surface area contributed by atoms with E-state index in [1.165, 1.54) is 0 Å². The number of nitrogens with one attached hydrogen (secondary N) is 1. The molecule has 1 saturated heterocycles. The molecule has 1 aliphatic rings. The maximum atomic E-state index is 12.5. The Labute approximate surface area is 146 Å². The monoisotopic (exact) mass is 336 g/mol. The minimum atomic E-state index is -0.0823. The summed E-state index contributed by atoms with van der Waals surface area (Å²) in [6, 6.07) is 9.61. The van der Waals surface area contributed by atoms with Gasteiger partial charge in [0.1, 0.15) is 0 Å². The van der Waals surface area contributed by atoms with Crippen molar-refractivity contribution < 1.29 is 9.53 Å². The molecule has 128 valence electrons. The predicted octanol–water partition coefficient (Wildman–Crippen LogP) is 2.57. The highest BCUT2D eigenvalue weighted by atomic mass is 16.5. The topological polar surface area (TPSA) is 61.1 Å². The van der Waals surface area contributed by atoms with E-state index in [4.69, 9.17) is 4.74 Å². The van der Waals surface area contributed by atoms with E-state index in [0.29, 0.717) is 12.1 Å². The molecule has 3 aromatic rings. The first-order valence-corrected chi connectivity index (χ1v) is 8.47. The number of hydrogen-bond acceptors (Lipinski definition) is 3. The lowest BCUT2D eigenvalue weighted by atomic mass is 10.1. The lowest BCUT2D eigenvalue weighted by Crippen LogP contribution is -2.31. The molecule has 0 aliphatic carbocycles. The Morgan fingerprint density at radius 2 is 2.08 bits per heavy atom. The summed E-state index contributed by atoms with van der Waals surface area (Å²) >= 11 is 0. The molecule has 3 heterocycles. The Bertz CT molecular complexity index is 834. The standard InChI is InChI=1S/C19H20N4O2/c24-19(21-13-16-4-3-11-25-16)15-5-6-17(23-10-7-20-14-23)18(12-15)22-8-1-2-9-22/h1-2,5-10,12,14,16H,3-4,11,13H2,(H,21,24). The van der Waals surface area contributed by atoms with Gasteiger partial charge in [0.25, 0.3) is 5.91 Å². The third-order valence-corrected chi connectivity index (χ3v) is 4.42. The number of rotatable bonds is 5. The molecule has 6 heteroatoms. The Hall–Kier alpha value is -2.86. The lowest BCUT2D eigenvalue weighted by molar-refractivity contribution is 0.0858. The van der Waals surface area contributed by atoms with Crippen LogP contribution in [0.25, 0.3) is 11.4 Å². The number of carbonyl (C=O) groups is 1. The molecule has 0 radical (unpaired) electrons. The molecule has 1 aromatic carbocycles. The van der Waals surface area contributed by atoms with Crippen molar-refractivity contribution in [1.29, 1.82) is 0 Å². The molecule has 1 fully saturated rings. The molecule has 1 N–H and O–H groups in total. The van der Waals surface area contributed by atoms with Crippen LogP contribution in [0.1, 0.15) is 23.2 Å². The second-order valence-electron chi connectivity index (χ2n) is 6.11. The molecule has 4 rings (SSSR count). The largest absolute Gasteiger partial charge is 0.376 e. The smallest absolute Gasteiger partial charge is 0.251 e. The minimum absolute atomic E-state index is 0.0823. The van der Waals surface area contributed by atoms with E-state index < -0.39 is 0 Å². The van der Waals surface area contributed by atoms with Crippen molar-refractivity contribution in [2.24, 2.45) is 0 Å². The molecule has 0 bridgehead atoms. The highest BCUT2D eigenvalue weighted by Crippen LogP contribution is 2.21. The average Bonchev–Trinajstić information content (AvgIpc) is 3.42. The number of benzene rings is 1. The van der Waals surface area contributed by atoms with E-state index in [0.717, 1.165) is 30.8 Å². The molecule has 1 unspecified atom stereocenters. The molecule has 1 atom stereocenters. The van der Waals surface area contributed by atoms with Gasteiger partial charge < -0.3 is 19.2 Å². The van der Waals surface area contributed by atoms with Crippen LogP contribution in [0.15, 0.2) is 61.4 Å². The van der Waals surface area contributed by atoms with Gasteiger partial charge >= 0.3 is 0 Å². The third-order valence-electron chi connectivity index (χ3n) is 4.42. The van der Waals surface area contributed by atoms with Gasteiger partial charge in [-0.25, -0.2) is 4.98 Å². The maximum Gasteiger partial charge on any atom is 0.251 e. The minimum Gasteiger partial charge on any atom is -0.376 e. The van der Waals surface area contributed by atoms with Gasteiger partial charge in [0.2, 0.25) is 0 Å². The number of nitrogens with zero attached hydrogens (tertiary/aromatic N) is 3. The summed E-state index contributed by atoms with van der Waals surface area (Å²) in [5, 5.41) is 2.98. The first-order chi connectivity index (χ1) is 12.3. The van der Waals surface area contributed by atoms with Gasteiger partial charge in [0.05, 0.1) is 23.8 Å². The van der Waals surface area contributed by atoms with Gasteiger partial charge in [0, 0.05) is 43.5 Å². The van der Waals surface area contributed by atoms with E-state index in [2.05, 4.69) is 10.3 Å². The number of carbonyl (C=O) groups excluding carboxylic acids is 1. The maximum absolute atomic E-state index is 12.5. The van der Waals surface area contributed by atoms with Crippen molar-refractivity contribution in [3.8, 4) is 11.4 Å². The first-order valence-electron chi connectivity index (χ1n) is 8.47. The summed E-state index contributed by atoms with van der Waals surface area (Å²) in [6.45, 7) is 1.35. The number of ether oxygens (including phenoxy) is 1. The van der Waals surface area contributed by atoms with Crippen LogP contribution in [0.2, 0.25) is 0 Å².